The minimum atomic E-state index is -3.08. The fraction of sp³-hybridized carbons (Fsp3) is 0.333. The van der Waals surface area contributed by atoms with E-state index in [0.717, 1.165) is 6.07 Å². The summed E-state index contributed by atoms with van der Waals surface area (Å²) in [5.74, 6) is -2.25. The van der Waals surface area contributed by atoms with E-state index in [1.165, 1.54) is 0 Å². The average Bonchev–Trinajstić information content (AvgIpc) is 2.01. The van der Waals surface area contributed by atoms with Gasteiger partial charge in [0.2, 0.25) is 0 Å². The van der Waals surface area contributed by atoms with Gasteiger partial charge in [0.1, 0.15) is 17.4 Å². The van der Waals surface area contributed by atoms with Crippen LogP contribution in [0.2, 0.25) is 0 Å². The largest absolute Gasteiger partial charge is 0.434 e. The molecule has 0 bridgehead atoms. The predicted molar refractivity (Wildman–Crippen MR) is 42.4 cm³/mol. The van der Waals surface area contributed by atoms with Crippen molar-refractivity contribution in [1.82, 2.24) is 0 Å². The number of rotatable bonds is 3. The van der Waals surface area contributed by atoms with Crippen LogP contribution < -0.4 is 4.74 Å². The first-order valence-corrected chi connectivity index (χ1v) is 3.97. The van der Waals surface area contributed by atoms with Crippen molar-refractivity contribution in [1.29, 1.82) is 0 Å². The van der Waals surface area contributed by atoms with Gasteiger partial charge in [-0.2, -0.15) is 8.78 Å². The lowest BCUT2D eigenvalue weighted by molar-refractivity contribution is -0.0507. The molecule has 1 aromatic carbocycles. The Morgan fingerprint density at radius 3 is 2.43 bits per heavy atom. The minimum absolute atomic E-state index is 0.0494. The second-order valence-electron chi connectivity index (χ2n) is 2.60. The molecule has 1 rings (SSSR count). The predicted octanol–water partition coefficient (Wildman–Crippen LogP) is 3.13. The maximum Gasteiger partial charge on any atom is 0.387 e. The van der Waals surface area contributed by atoms with Crippen molar-refractivity contribution in [2.45, 2.75) is 20.0 Å². The molecule has 0 unspecified atom stereocenters. The molecule has 0 heterocycles. The molecular formula is C9H8F4O. The summed E-state index contributed by atoms with van der Waals surface area (Å²) in [5.41, 5.74) is -0.0494. The number of hydrogen-bond acceptors (Lipinski definition) is 1. The van der Waals surface area contributed by atoms with Gasteiger partial charge in [-0.25, -0.2) is 8.78 Å². The van der Waals surface area contributed by atoms with Crippen LogP contribution in [0.15, 0.2) is 12.1 Å². The molecule has 0 radical (unpaired) electrons. The van der Waals surface area contributed by atoms with Crippen molar-refractivity contribution in [3.05, 3.63) is 29.3 Å². The highest BCUT2D eigenvalue weighted by molar-refractivity contribution is 5.35. The molecule has 1 aromatic rings. The number of halogens is 4. The normalized spacial score (nSPS) is 10.7. The van der Waals surface area contributed by atoms with Crippen LogP contribution in [0.3, 0.4) is 0 Å². The average molecular weight is 208 g/mol. The molecule has 0 saturated carbocycles. The lowest BCUT2D eigenvalue weighted by atomic mass is 10.1. The smallest absolute Gasteiger partial charge is 0.387 e. The van der Waals surface area contributed by atoms with Gasteiger partial charge in [0.15, 0.2) is 0 Å². The first-order chi connectivity index (χ1) is 6.54. The second-order valence-corrected chi connectivity index (χ2v) is 2.60. The Labute approximate surface area is 78.3 Å². The summed E-state index contributed by atoms with van der Waals surface area (Å²) >= 11 is 0. The molecule has 0 N–H and O–H groups in total. The highest BCUT2D eigenvalue weighted by atomic mass is 19.3. The summed E-state index contributed by atoms with van der Waals surface area (Å²) < 4.78 is 53.3. The molecule has 0 fully saturated rings. The molecule has 0 aliphatic carbocycles. The van der Waals surface area contributed by atoms with Crippen molar-refractivity contribution in [2.75, 3.05) is 0 Å². The summed E-state index contributed by atoms with van der Waals surface area (Å²) in [7, 11) is 0. The zero-order valence-corrected chi connectivity index (χ0v) is 7.36. The van der Waals surface area contributed by atoms with Crippen LogP contribution in [0.25, 0.3) is 0 Å². The van der Waals surface area contributed by atoms with Crippen molar-refractivity contribution in [2.24, 2.45) is 0 Å². The van der Waals surface area contributed by atoms with Gasteiger partial charge in [0, 0.05) is 17.7 Å². The fourth-order valence-corrected chi connectivity index (χ4v) is 1.12. The zero-order valence-electron chi connectivity index (χ0n) is 7.36. The summed E-state index contributed by atoms with van der Waals surface area (Å²) in [6, 6.07) is 1.38. The number of alkyl halides is 2. The van der Waals surface area contributed by atoms with Crippen molar-refractivity contribution in [3.63, 3.8) is 0 Å². The van der Waals surface area contributed by atoms with Crippen LogP contribution in [0.4, 0.5) is 17.6 Å². The fourth-order valence-electron chi connectivity index (χ4n) is 1.12. The van der Waals surface area contributed by atoms with Crippen LogP contribution in [-0.2, 0) is 6.42 Å². The molecule has 0 aliphatic rings. The van der Waals surface area contributed by atoms with Crippen molar-refractivity contribution < 1.29 is 22.3 Å². The molecule has 1 nitrogen and oxygen atoms in total. The van der Waals surface area contributed by atoms with Gasteiger partial charge >= 0.3 is 6.61 Å². The summed E-state index contributed by atoms with van der Waals surface area (Å²) in [6.45, 7) is -1.52. The SMILES string of the molecule is CCc1c(F)cc(F)cc1OC(F)F. The topological polar surface area (TPSA) is 9.23 Å². The molecule has 0 spiro atoms. The third-order valence-corrected chi connectivity index (χ3v) is 1.69. The maximum absolute atomic E-state index is 13.0. The maximum atomic E-state index is 13.0. The third kappa shape index (κ3) is 2.37. The number of ether oxygens (including phenoxy) is 1. The van der Waals surface area contributed by atoms with E-state index in [4.69, 9.17) is 0 Å². The van der Waals surface area contributed by atoms with Gasteiger partial charge < -0.3 is 4.74 Å². The summed E-state index contributed by atoms with van der Waals surface area (Å²) in [4.78, 5) is 0. The molecule has 0 aromatic heterocycles. The highest BCUT2D eigenvalue weighted by Gasteiger charge is 2.14. The molecular weight excluding hydrogens is 200 g/mol. The van der Waals surface area contributed by atoms with Crippen LogP contribution in [0, 0.1) is 11.6 Å². The van der Waals surface area contributed by atoms with E-state index in [1.807, 2.05) is 0 Å². The Kier molecular flexibility index (Phi) is 3.33. The third-order valence-electron chi connectivity index (χ3n) is 1.69. The molecule has 0 amide bonds. The van der Waals surface area contributed by atoms with E-state index in [0.29, 0.717) is 6.07 Å². The minimum Gasteiger partial charge on any atom is -0.434 e. The Balaban J connectivity index is 3.11. The zero-order chi connectivity index (χ0) is 10.7. The molecule has 78 valence electrons. The Morgan fingerprint density at radius 1 is 1.29 bits per heavy atom. The van der Waals surface area contributed by atoms with E-state index < -0.39 is 24.0 Å². The molecule has 0 aliphatic heterocycles. The molecule has 0 saturated heterocycles. The number of hydrogen-bond donors (Lipinski definition) is 0. The molecule has 5 heteroatoms. The van der Waals surface area contributed by atoms with Crippen LogP contribution in [-0.4, -0.2) is 6.61 Å². The van der Waals surface area contributed by atoms with Gasteiger partial charge in [-0.1, -0.05) is 6.92 Å². The van der Waals surface area contributed by atoms with Crippen LogP contribution >= 0.6 is 0 Å². The quantitative estimate of drug-likeness (QED) is 0.693. The lowest BCUT2D eigenvalue weighted by Gasteiger charge is -2.09. The van der Waals surface area contributed by atoms with E-state index in [9.17, 15) is 17.6 Å². The Hall–Kier alpha value is -1.26. The van der Waals surface area contributed by atoms with Gasteiger partial charge in [-0.3, -0.25) is 0 Å². The van der Waals surface area contributed by atoms with Gasteiger partial charge in [-0.05, 0) is 6.42 Å². The second kappa shape index (κ2) is 4.30. The van der Waals surface area contributed by atoms with Crippen LogP contribution in [0.1, 0.15) is 12.5 Å². The monoisotopic (exact) mass is 208 g/mol. The lowest BCUT2D eigenvalue weighted by Crippen LogP contribution is -2.06. The first kappa shape index (κ1) is 10.8. The first-order valence-electron chi connectivity index (χ1n) is 3.97. The molecule has 0 atom stereocenters. The van der Waals surface area contributed by atoms with E-state index in [-0.39, 0.29) is 12.0 Å². The van der Waals surface area contributed by atoms with Crippen LogP contribution in [0.5, 0.6) is 5.75 Å². The van der Waals surface area contributed by atoms with E-state index >= 15 is 0 Å². The molecule has 14 heavy (non-hydrogen) atoms. The summed E-state index contributed by atoms with van der Waals surface area (Å²) in [5, 5.41) is 0. The van der Waals surface area contributed by atoms with Gasteiger partial charge in [0.05, 0.1) is 0 Å². The van der Waals surface area contributed by atoms with E-state index in [1.54, 1.807) is 6.92 Å². The number of benzene rings is 1. The van der Waals surface area contributed by atoms with Gasteiger partial charge in [0.25, 0.3) is 0 Å². The van der Waals surface area contributed by atoms with Crippen molar-refractivity contribution in [3.8, 4) is 5.75 Å². The highest BCUT2D eigenvalue weighted by Crippen LogP contribution is 2.25. The van der Waals surface area contributed by atoms with E-state index in [2.05, 4.69) is 4.74 Å². The summed E-state index contributed by atoms with van der Waals surface area (Å²) in [6.07, 6.45) is 0.161. The standard InChI is InChI=1S/C9H8F4O/c1-2-6-7(11)3-5(10)4-8(6)14-9(12)13/h3-4,9H,2H2,1H3. The Morgan fingerprint density at radius 2 is 1.93 bits per heavy atom. The Bertz CT molecular complexity index is 325. The van der Waals surface area contributed by atoms with Crippen molar-refractivity contribution >= 4 is 0 Å². The van der Waals surface area contributed by atoms with Gasteiger partial charge in [-0.15, -0.1) is 0 Å².